The van der Waals surface area contributed by atoms with Crippen molar-refractivity contribution >= 4 is 17.3 Å². The van der Waals surface area contributed by atoms with Crippen molar-refractivity contribution in [1.29, 1.82) is 0 Å². The lowest BCUT2D eigenvalue weighted by Gasteiger charge is -2.18. The van der Waals surface area contributed by atoms with E-state index in [-0.39, 0.29) is 22.7 Å². The molecule has 0 bridgehead atoms. The zero-order valence-electron chi connectivity index (χ0n) is 10.6. The van der Waals surface area contributed by atoms with Gasteiger partial charge < -0.3 is 10.1 Å². The van der Waals surface area contributed by atoms with Gasteiger partial charge in [-0.2, -0.15) is 5.10 Å². The highest BCUT2D eigenvalue weighted by molar-refractivity contribution is 6.32. The smallest absolute Gasteiger partial charge is 0.287 e. The number of nitrogens with one attached hydrogen (secondary N) is 1. The molecule has 0 aromatic carbocycles. The van der Waals surface area contributed by atoms with Gasteiger partial charge in [-0.25, -0.2) is 4.68 Å². The van der Waals surface area contributed by atoms with Crippen LogP contribution in [0.25, 0.3) is 0 Å². The van der Waals surface area contributed by atoms with Crippen LogP contribution in [0.5, 0.6) is 0 Å². The molecule has 1 saturated heterocycles. The number of rotatable bonds is 4. The van der Waals surface area contributed by atoms with Gasteiger partial charge in [-0.15, -0.1) is 0 Å². The lowest BCUT2D eigenvalue weighted by Crippen LogP contribution is -2.30. The molecule has 18 heavy (non-hydrogen) atoms. The minimum absolute atomic E-state index is 0.124. The first-order valence-corrected chi connectivity index (χ1v) is 6.65. The molecule has 0 amide bonds. The molecule has 0 saturated carbocycles. The fourth-order valence-corrected chi connectivity index (χ4v) is 2.26. The SMILES string of the molecule is CCCn1ncc(NC2CCOC2C)c(Cl)c1=O. The molecule has 2 atom stereocenters. The lowest BCUT2D eigenvalue weighted by molar-refractivity contribution is 0.121. The molecule has 0 radical (unpaired) electrons. The van der Waals surface area contributed by atoms with Crippen molar-refractivity contribution in [2.75, 3.05) is 11.9 Å². The minimum Gasteiger partial charge on any atom is -0.377 e. The van der Waals surface area contributed by atoms with E-state index in [1.165, 1.54) is 4.68 Å². The van der Waals surface area contributed by atoms with Crippen molar-refractivity contribution in [3.63, 3.8) is 0 Å². The fraction of sp³-hybridized carbons (Fsp3) is 0.667. The van der Waals surface area contributed by atoms with Crippen LogP contribution in [0.1, 0.15) is 26.7 Å². The lowest BCUT2D eigenvalue weighted by atomic mass is 10.1. The van der Waals surface area contributed by atoms with Crippen molar-refractivity contribution in [1.82, 2.24) is 9.78 Å². The van der Waals surface area contributed by atoms with Gasteiger partial charge in [0.1, 0.15) is 5.02 Å². The van der Waals surface area contributed by atoms with E-state index in [9.17, 15) is 4.79 Å². The molecule has 1 aliphatic rings. The normalized spacial score (nSPS) is 23.3. The first-order valence-electron chi connectivity index (χ1n) is 6.27. The van der Waals surface area contributed by atoms with Gasteiger partial charge in [-0.05, 0) is 19.8 Å². The standard InChI is InChI=1S/C12H18ClN3O2/c1-3-5-16-12(17)11(13)10(7-14-16)15-9-4-6-18-8(9)2/h7-9,15H,3-6H2,1-2H3. The van der Waals surface area contributed by atoms with Crippen LogP contribution in [0.15, 0.2) is 11.0 Å². The Bertz CT molecular complexity index is 475. The molecule has 2 rings (SSSR count). The average Bonchev–Trinajstić information content (AvgIpc) is 2.75. The Morgan fingerprint density at radius 1 is 1.67 bits per heavy atom. The van der Waals surface area contributed by atoms with Crippen molar-refractivity contribution < 1.29 is 4.74 Å². The van der Waals surface area contributed by atoms with E-state index in [4.69, 9.17) is 16.3 Å². The topological polar surface area (TPSA) is 56.1 Å². The second kappa shape index (κ2) is 5.71. The van der Waals surface area contributed by atoms with Crippen LogP contribution in [-0.4, -0.2) is 28.5 Å². The van der Waals surface area contributed by atoms with E-state index in [2.05, 4.69) is 10.4 Å². The third-order valence-corrected chi connectivity index (χ3v) is 3.50. The van der Waals surface area contributed by atoms with E-state index >= 15 is 0 Å². The molecular formula is C12H18ClN3O2. The van der Waals surface area contributed by atoms with E-state index in [1.807, 2.05) is 13.8 Å². The molecule has 2 unspecified atom stereocenters. The molecule has 0 spiro atoms. The Hall–Kier alpha value is -1.07. The molecule has 5 nitrogen and oxygen atoms in total. The van der Waals surface area contributed by atoms with Crippen LogP contribution in [0.2, 0.25) is 5.02 Å². The first kappa shape index (κ1) is 13.4. The van der Waals surface area contributed by atoms with Gasteiger partial charge in [0.05, 0.1) is 24.0 Å². The summed E-state index contributed by atoms with van der Waals surface area (Å²) in [6.07, 6.45) is 3.50. The summed E-state index contributed by atoms with van der Waals surface area (Å²) >= 11 is 6.08. The quantitative estimate of drug-likeness (QED) is 0.909. The summed E-state index contributed by atoms with van der Waals surface area (Å²) < 4.78 is 6.85. The maximum atomic E-state index is 11.9. The van der Waals surface area contributed by atoms with Crippen LogP contribution in [0, 0.1) is 0 Å². The highest BCUT2D eigenvalue weighted by Crippen LogP contribution is 2.22. The van der Waals surface area contributed by atoms with E-state index in [0.29, 0.717) is 12.2 Å². The van der Waals surface area contributed by atoms with Crippen LogP contribution in [0.3, 0.4) is 0 Å². The Labute approximate surface area is 111 Å². The second-order valence-corrected chi connectivity index (χ2v) is 4.89. The highest BCUT2D eigenvalue weighted by Gasteiger charge is 2.25. The van der Waals surface area contributed by atoms with Crippen LogP contribution in [-0.2, 0) is 11.3 Å². The molecular weight excluding hydrogens is 254 g/mol. The molecule has 1 aromatic heterocycles. The Balaban J connectivity index is 2.19. The Morgan fingerprint density at radius 2 is 2.44 bits per heavy atom. The number of nitrogens with zero attached hydrogens (tertiary/aromatic N) is 2. The number of hydrogen-bond donors (Lipinski definition) is 1. The van der Waals surface area contributed by atoms with Crippen molar-refractivity contribution in [3.8, 4) is 0 Å². The number of hydrogen-bond acceptors (Lipinski definition) is 4. The molecule has 1 aliphatic heterocycles. The maximum Gasteiger partial charge on any atom is 0.287 e. The third kappa shape index (κ3) is 2.67. The molecule has 1 N–H and O–H groups in total. The Morgan fingerprint density at radius 3 is 3.06 bits per heavy atom. The zero-order chi connectivity index (χ0) is 13.1. The number of halogens is 1. The largest absolute Gasteiger partial charge is 0.377 e. The molecule has 1 aromatic rings. The summed E-state index contributed by atoms with van der Waals surface area (Å²) in [7, 11) is 0. The van der Waals surface area contributed by atoms with E-state index in [1.54, 1.807) is 6.20 Å². The number of aromatic nitrogens is 2. The minimum atomic E-state index is -0.241. The van der Waals surface area contributed by atoms with E-state index < -0.39 is 0 Å². The van der Waals surface area contributed by atoms with Gasteiger partial charge in [-0.1, -0.05) is 18.5 Å². The number of ether oxygens (including phenoxy) is 1. The van der Waals surface area contributed by atoms with Crippen LogP contribution >= 0.6 is 11.6 Å². The fourth-order valence-electron chi connectivity index (χ4n) is 2.06. The molecule has 0 aliphatic carbocycles. The predicted molar refractivity (Wildman–Crippen MR) is 71.2 cm³/mol. The average molecular weight is 272 g/mol. The number of aryl methyl sites for hydroxylation is 1. The summed E-state index contributed by atoms with van der Waals surface area (Å²) in [6.45, 7) is 5.31. The second-order valence-electron chi connectivity index (χ2n) is 4.52. The van der Waals surface area contributed by atoms with Crippen molar-refractivity contribution in [2.24, 2.45) is 0 Å². The third-order valence-electron chi connectivity index (χ3n) is 3.14. The van der Waals surface area contributed by atoms with Gasteiger partial charge in [0.15, 0.2) is 0 Å². The van der Waals surface area contributed by atoms with Crippen LogP contribution in [0.4, 0.5) is 5.69 Å². The molecule has 2 heterocycles. The first-order chi connectivity index (χ1) is 8.63. The van der Waals surface area contributed by atoms with Gasteiger partial charge in [0.2, 0.25) is 0 Å². The monoisotopic (exact) mass is 271 g/mol. The zero-order valence-corrected chi connectivity index (χ0v) is 11.4. The summed E-state index contributed by atoms with van der Waals surface area (Å²) in [5.41, 5.74) is 0.353. The van der Waals surface area contributed by atoms with Crippen molar-refractivity contribution in [3.05, 3.63) is 21.6 Å². The maximum absolute atomic E-state index is 11.9. The predicted octanol–water partition coefficient (Wildman–Crippen LogP) is 1.90. The highest BCUT2D eigenvalue weighted by atomic mass is 35.5. The number of anilines is 1. The van der Waals surface area contributed by atoms with Crippen LogP contribution < -0.4 is 10.9 Å². The van der Waals surface area contributed by atoms with Crippen molar-refractivity contribution in [2.45, 2.75) is 45.4 Å². The van der Waals surface area contributed by atoms with Gasteiger partial charge in [-0.3, -0.25) is 4.79 Å². The van der Waals surface area contributed by atoms with Gasteiger partial charge in [0, 0.05) is 13.2 Å². The van der Waals surface area contributed by atoms with Gasteiger partial charge in [0.25, 0.3) is 5.56 Å². The van der Waals surface area contributed by atoms with Gasteiger partial charge >= 0.3 is 0 Å². The van der Waals surface area contributed by atoms with E-state index in [0.717, 1.165) is 19.4 Å². The summed E-state index contributed by atoms with van der Waals surface area (Å²) in [5, 5.41) is 7.55. The molecule has 6 heteroatoms. The summed E-state index contributed by atoms with van der Waals surface area (Å²) in [4.78, 5) is 11.9. The summed E-state index contributed by atoms with van der Waals surface area (Å²) in [6, 6.07) is 0.186. The Kier molecular flexibility index (Phi) is 4.24. The molecule has 100 valence electrons. The summed E-state index contributed by atoms with van der Waals surface area (Å²) in [5.74, 6) is 0. The molecule has 1 fully saturated rings.